The second-order valence-electron chi connectivity index (χ2n) is 5.55. The molecule has 0 aliphatic rings. The van der Waals surface area contributed by atoms with Gasteiger partial charge < -0.3 is 24.2 Å². The Labute approximate surface area is 248 Å². The zero-order valence-corrected chi connectivity index (χ0v) is 27.0. The van der Waals surface area contributed by atoms with Crippen molar-refractivity contribution in [2.75, 3.05) is 77.9 Å². The summed E-state index contributed by atoms with van der Waals surface area (Å²) in [6, 6.07) is 0. The van der Waals surface area contributed by atoms with Crippen LogP contribution in [-0.2, 0) is 35.0 Å². The minimum atomic E-state index is -0.890. The van der Waals surface area contributed by atoms with Crippen molar-refractivity contribution in [3.8, 4) is 0 Å². The molecular weight excluding hydrogens is 653 g/mol. The van der Waals surface area contributed by atoms with Crippen LogP contribution in [-0.4, -0.2) is 110 Å². The van der Waals surface area contributed by atoms with Gasteiger partial charge in [-0.25, -0.2) is 0 Å². The summed E-state index contributed by atoms with van der Waals surface area (Å²) in [5, 5.41) is 20.7. The number of hydrogen-bond donors (Lipinski definition) is 2. The minimum Gasteiger partial charge on any atom is -0.616 e. The van der Waals surface area contributed by atoms with Gasteiger partial charge in [0.15, 0.2) is 10.2 Å². The summed E-state index contributed by atoms with van der Waals surface area (Å²) in [6.07, 6.45) is 0. The molecule has 0 saturated heterocycles. The van der Waals surface area contributed by atoms with E-state index in [4.69, 9.17) is 19.7 Å². The highest BCUT2D eigenvalue weighted by Crippen LogP contribution is 2.22. The molecule has 0 fully saturated rings. The Kier molecular flexibility index (Phi) is 30.6. The first-order valence-corrected chi connectivity index (χ1v) is 21.4. The number of ether oxygens (including phenoxy) is 2. The second-order valence-corrected chi connectivity index (χ2v) is 17.8. The predicted molar refractivity (Wildman–Crippen MR) is 166 cm³/mol. The van der Waals surface area contributed by atoms with Gasteiger partial charge in [-0.15, -0.1) is 58.8 Å². The van der Waals surface area contributed by atoms with Gasteiger partial charge in [-0.1, -0.05) is 47.0 Å². The largest absolute Gasteiger partial charge is 0.616 e. The Bertz CT molecular complexity index is 549. The van der Waals surface area contributed by atoms with Crippen LogP contribution in [0.15, 0.2) is 0 Å². The third-order valence-electron chi connectivity index (χ3n) is 2.92. The molecule has 206 valence electrons. The van der Waals surface area contributed by atoms with Gasteiger partial charge in [0.05, 0.1) is 29.1 Å². The van der Waals surface area contributed by atoms with E-state index in [9.17, 15) is 18.9 Å². The monoisotopic (exact) mass is 682 g/mol. The lowest BCUT2D eigenvalue weighted by Gasteiger charge is -2.10. The highest BCUT2D eigenvalue weighted by Gasteiger charge is 2.09. The molecule has 0 bridgehead atoms. The minimum absolute atomic E-state index is 0.0707. The molecule has 0 heterocycles. The van der Waals surface area contributed by atoms with Crippen molar-refractivity contribution >= 4 is 134 Å². The average molecular weight is 683 g/mol. The molecule has 0 aliphatic carbocycles. The Morgan fingerprint density at radius 1 is 0.686 bits per heavy atom. The van der Waals surface area contributed by atoms with E-state index < -0.39 is 11.2 Å². The molecule has 35 heavy (non-hydrogen) atoms. The standard InChI is InChI=1S/C17H30O8S10/c18-6-30-8-24-15(20)3-27-10-26-1-2-35(23)14-33-12-32-13-34-17(22)5-29-11-28-4-16(21)25-9-31-7-19/h18-19H,1-14H2. The van der Waals surface area contributed by atoms with Crippen molar-refractivity contribution < 1.29 is 38.6 Å². The summed E-state index contributed by atoms with van der Waals surface area (Å²) >= 11 is 11.9. The van der Waals surface area contributed by atoms with Crippen molar-refractivity contribution in [2.24, 2.45) is 0 Å². The first kappa shape index (κ1) is 37.0. The summed E-state index contributed by atoms with van der Waals surface area (Å²) in [6.45, 7) is 0. The lowest BCUT2D eigenvalue weighted by molar-refractivity contribution is -0.139. The van der Waals surface area contributed by atoms with Crippen LogP contribution in [0, 0.1) is 0 Å². The molecule has 0 saturated carbocycles. The maximum atomic E-state index is 12.0. The fourth-order valence-corrected chi connectivity index (χ4v) is 11.3. The van der Waals surface area contributed by atoms with Crippen LogP contribution in [0.3, 0.4) is 0 Å². The maximum absolute atomic E-state index is 12.0. The van der Waals surface area contributed by atoms with Gasteiger partial charge in [-0.05, 0) is 11.2 Å². The van der Waals surface area contributed by atoms with Crippen molar-refractivity contribution in [1.29, 1.82) is 0 Å². The van der Waals surface area contributed by atoms with Crippen LogP contribution in [0.1, 0.15) is 0 Å². The molecule has 0 aromatic rings. The number of rotatable bonds is 25. The van der Waals surface area contributed by atoms with Crippen LogP contribution in [0.2, 0.25) is 0 Å². The topological polar surface area (TPSA) is 133 Å². The van der Waals surface area contributed by atoms with Gasteiger partial charge in [0.25, 0.3) is 0 Å². The quantitative estimate of drug-likeness (QED) is 0.0629. The summed E-state index contributed by atoms with van der Waals surface area (Å²) in [4.78, 5) is 34.6. The zero-order chi connectivity index (χ0) is 26.0. The Hall–Kier alpha value is 1.99. The summed E-state index contributed by atoms with van der Waals surface area (Å²) in [5.41, 5.74) is 0. The molecule has 8 nitrogen and oxygen atoms in total. The Balaban J connectivity index is 3.41. The number of hydrogen-bond acceptors (Lipinski definition) is 17. The normalized spacial score (nSPS) is 11.9. The smallest absolute Gasteiger partial charge is 0.316 e. The second kappa shape index (κ2) is 29.0. The zero-order valence-electron chi connectivity index (χ0n) is 18.8. The Morgan fingerprint density at radius 2 is 1.23 bits per heavy atom. The molecule has 0 aliphatic heterocycles. The van der Waals surface area contributed by atoms with Crippen LogP contribution in [0.25, 0.3) is 0 Å². The number of thioether (sulfide) groups is 9. The van der Waals surface area contributed by atoms with Gasteiger partial charge in [0.1, 0.15) is 17.6 Å². The highest BCUT2D eigenvalue weighted by molar-refractivity contribution is 8.29. The van der Waals surface area contributed by atoms with E-state index in [1.807, 2.05) is 0 Å². The van der Waals surface area contributed by atoms with Crippen LogP contribution in [0.5, 0.6) is 0 Å². The molecule has 0 spiro atoms. The number of aliphatic hydroxyl groups excluding tert-OH is 2. The number of esters is 2. The lowest BCUT2D eigenvalue weighted by Crippen LogP contribution is -2.11. The van der Waals surface area contributed by atoms with E-state index in [1.54, 1.807) is 35.3 Å². The molecule has 18 heteroatoms. The lowest BCUT2D eigenvalue weighted by atomic mass is 10.8. The van der Waals surface area contributed by atoms with Crippen LogP contribution >= 0.6 is 106 Å². The molecule has 0 amide bonds. The molecule has 0 rings (SSSR count). The van der Waals surface area contributed by atoms with Gasteiger partial charge in [-0.3, -0.25) is 14.4 Å². The van der Waals surface area contributed by atoms with Gasteiger partial charge in [-0.2, -0.15) is 0 Å². The van der Waals surface area contributed by atoms with Gasteiger partial charge in [0, 0.05) is 26.1 Å². The number of aliphatic hydroxyl groups is 2. The van der Waals surface area contributed by atoms with Gasteiger partial charge in [0.2, 0.25) is 0 Å². The fraction of sp³-hybridized carbons (Fsp3) is 0.824. The van der Waals surface area contributed by atoms with Crippen molar-refractivity contribution in [1.82, 2.24) is 0 Å². The number of carbonyl (C=O) groups excluding carboxylic acids is 3. The number of carbonyl (C=O) groups is 3. The first-order chi connectivity index (χ1) is 17.0. The van der Waals surface area contributed by atoms with E-state index in [1.165, 1.54) is 47.0 Å². The van der Waals surface area contributed by atoms with Gasteiger partial charge >= 0.3 is 11.9 Å². The highest BCUT2D eigenvalue weighted by atomic mass is 32.3. The summed E-state index contributed by atoms with van der Waals surface area (Å²) < 4.78 is 21.8. The first-order valence-electron chi connectivity index (χ1n) is 9.65. The average Bonchev–Trinajstić information content (AvgIpc) is 2.83. The summed E-state index contributed by atoms with van der Waals surface area (Å²) in [5.74, 6) is 1.83. The predicted octanol–water partition coefficient (Wildman–Crippen LogP) is 3.55. The Morgan fingerprint density at radius 3 is 1.83 bits per heavy atom. The molecule has 0 radical (unpaired) electrons. The van der Waals surface area contributed by atoms with Crippen molar-refractivity contribution in [3.63, 3.8) is 0 Å². The molecule has 2 N–H and O–H groups in total. The fourth-order valence-electron chi connectivity index (χ4n) is 1.50. The van der Waals surface area contributed by atoms with Crippen molar-refractivity contribution in [2.45, 2.75) is 0 Å². The third-order valence-corrected chi connectivity index (χ3v) is 14.1. The van der Waals surface area contributed by atoms with E-state index in [0.29, 0.717) is 26.8 Å². The van der Waals surface area contributed by atoms with Crippen molar-refractivity contribution in [3.05, 3.63) is 0 Å². The molecular formula is C17H30O8S10. The van der Waals surface area contributed by atoms with E-state index in [0.717, 1.165) is 39.4 Å². The van der Waals surface area contributed by atoms with E-state index in [2.05, 4.69) is 0 Å². The molecule has 0 aromatic carbocycles. The molecule has 1 atom stereocenters. The van der Waals surface area contributed by atoms with E-state index in [-0.39, 0.29) is 52.3 Å². The molecule has 0 aromatic heterocycles. The SMILES string of the molecule is O=C(CSCSCC[S+]([O-])CSCSCSC(=O)CSCSCC(=O)OCSCO)OCSCO. The summed E-state index contributed by atoms with van der Waals surface area (Å²) in [7, 11) is 0. The molecule has 1 unspecified atom stereocenters. The van der Waals surface area contributed by atoms with Crippen LogP contribution in [0.4, 0.5) is 0 Å². The van der Waals surface area contributed by atoms with Crippen LogP contribution < -0.4 is 0 Å². The van der Waals surface area contributed by atoms with E-state index >= 15 is 0 Å². The third kappa shape index (κ3) is 28.8. The maximum Gasteiger partial charge on any atom is 0.316 e.